The van der Waals surface area contributed by atoms with Gasteiger partial charge in [-0.25, -0.2) is 13.1 Å². The van der Waals surface area contributed by atoms with Crippen LogP contribution in [-0.2, 0) is 14.8 Å². The van der Waals surface area contributed by atoms with Crippen LogP contribution in [0.2, 0.25) is 0 Å². The maximum Gasteiger partial charge on any atom is 0.240 e. The smallest absolute Gasteiger partial charge is 0.240 e. The molecule has 2 aromatic rings. The van der Waals surface area contributed by atoms with Gasteiger partial charge in [0.05, 0.1) is 11.0 Å². The molecule has 1 aliphatic rings. The summed E-state index contributed by atoms with van der Waals surface area (Å²) in [6, 6.07) is 13.6. The van der Waals surface area contributed by atoms with Gasteiger partial charge in [0.15, 0.2) is 0 Å². The van der Waals surface area contributed by atoms with Gasteiger partial charge in [-0.05, 0) is 87.3 Å². The monoisotopic (exact) mass is 402 g/mol. The third-order valence-electron chi connectivity index (χ3n) is 5.57. The van der Waals surface area contributed by atoms with Gasteiger partial charge in [-0.2, -0.15) is 0 Å². The van der Waals surface area contributed by atoms with Gasteiger partial charge >= 0.3 is 0 Å². The molecule has 0 radical (unpaired) electrons. The van der Waals surface area contributed by atoms with Crippen LogP contribution in [0.1, 0.15) is 37.0 Å². The molecule has 3 rings (SSSR count). The Hall–Kier alpha value is -1.73. The van der Waals surface area contributed by atoms with Crippen molar-refractivity contribution in [1.82, 2.24) is 9.62 Å². The van der Waals surface area contributed by atoms with Crippen molar-refractivity contribution in [2.24, 2.45) is 0 Å². The number of ether oxygens (including phenoxy) is 1. The van der Waals surface area contributed by atoms with Crippen molar-refractivity contribution in [1.29, 1.82) is 0 Å². The number of benzene rings is 2. The highest BCUT2D eigenvalue weighted by molar-refractivity contribution is 7.89. The fraction of sp³-hybridized carbons (Fsp3) is 0.455. The number of nitrogens with one attached hydrogen (secondary N) is 1. The molecule has 1 unspecified atom stereocenters. The van der Waals surface area contributed by atoms with Crippen LogP contribution in [0.15, 0.2) is 47.4 Å². The second-order valence-electron chi connectivity index (χ2n) is 7.68. The molecule has 0 aliphatic carbocycles. The van der Waals surface area contributed by atoms with E-state index in [2.05, 4.69) is 22.7 Å². The van der Waals surface area contributed by atoms with E-state index in [9.17, 15) is 8.42 Å². The summed E-state index contributed by atoms with van der Waals surface area (Å²) in [6.07, 6.45) is 1.70. The standard InChI is InChI=1S/C22H30N2O3S/c1-16-14-21(28(25,26)23-20-10-12-24(3)13-11-20)8-9-22(16)19-7-5-6-18(15-19)17(2)27-4/h5-9,14-15,17,20,23H,10-13H2,1-4H3. The third-order valence-corrected chi connectivity index (χ3v) is 7.09. The number of aryl methyl sites for hydroxylation is 1. The van der Waals surface area contributed by atoms with E-state index < -0.39 is 10.0 Å². The predicted molar refractivity (Wildman–Crippen MR) is 113 cm³/mol. The molecule has 1 atom stereocenters. The average molecular weight is 403 g/mol. The zero-order chi connectivity index (χ0) is 20.3. The van der Waals surface area contributed by atoms with Crippen molar-refractivity contribution < 1.29 is 13.2 Å². The zero-order valence-electron chi connectivity index (χ0n) is 17.1. The van der Waals surface area contributed by atoms with Gasteiger partial charge < -0.3 is 9.64 Å². The zero-order valence-corrected chi connectivity index (χ0v) is 17.9. The minimum absolute atomic E-state index is 0.00777. The van der Waals surface area contributed by atoms with E-state index >= 15 is 0 Å². The number of hydrogen-bond donors (Lipinski definition) is 1. The first-order valence-corrected chi connectivity index (χ1v) is 11.2. The third kappa shape index (κ3) is 4.81. The first-order valence-electron chi connectivity index (χ1n) is 9.75. The van der Waals surface area contributed by atoms with Crippen molar-refractivity contribution in [3.63, 3.8) is 0 Å². The van der Waals surface area contributed by atoms with Gasteiger partial charge in [-0.3, -0.25) is 0 Å². The Kier molecular flexibility index (Phi) is 6.55. The number of rotatable bonds is 6. The number of methoxy groups -OCH3 is 1. The summed E-state index contributed by atoms with van der Waals surface area (Å²) in [4.78, 5) is 2.55. The van der Waals surface area contributed by atoms with Crippen molar-refractivity contribution in [3.8, 4) is 11.1 Å². The summed E-state index contributed by atoms with van der Waals surface area (Å²) in [6.45, 7) is 5.80. The molecule has 6 heteroatoms. The number of sulfonamides is 1. The largest absolute Gasteiger partial charge is 0.377 e. The quantitative estimate of drug-likeness (QED) is 0.800. The summed E-state index contributed by atoms with van der Waals surface area (Å²) in [5.74, 6) is 0. The SMILES string of the molecule is COC(C)c1cccc(-c2ccc(S(=O)(=O)NC3CCN(C)CC3)cc2C)c1. The Morgan fingerprint density at radius 1 is 1.14 bits per heavy atom. The predicted octanol–water partition coefficient (Wildman–Crippen LogP) is 3.74. The van der Waals surface area contributed by atoms with Crippen LogP contribution in [0.3, 0.4) is 0 Å². The fourth-order valence-corrected chi connectivity index (χ4v) is 5.03. The van der Waals surface area contributed by atoms with Crippen LogP contribution in [0.25, 0.3) is 11.1 Å². The molecule has 0 spiro atoms. The molecule has 5 nitrogen and oxygen atoms in total. The molecule has 1 aliphatic heterocycles. The Morgan fingerprint density at radius 2 is 1.86 bits per heavy atom. The molecule has 0 aromatic heterocycles. The molecular weight excluding hydrogens is 372 g/mol. The summed E-state index contributed by atoms with van der Waals surface area (Å²) < 4.78 is 33.9. The van der Waals surface area contributed by atoms with Gasteiger partial charge in [0.25, 0.3) is 0 Å². The number of hydrogen-bond acceptors (Lipinski definition) is 4. The van der Waals surface area contributed by atoms with Crippen LogP contribution in [-0.4, -0.2) is 46.6 Å². The van der Waals surface area contributed by atoms with Crippen LogP contribution < -0.4 is 4.72 Å². The lowest BCUT2D eigenvalue weighted by atomic mass is 9.98. The van der Waals surface area contributed by atoms with Gasteiger partial charge in [0.1, 0.15) is 0 Å². The van der Waals surface area contributed by atoms with Gasteiger partial charge in [0.2, 0.25) is 10.0 Å². The minimum atomic E-state index is -3.51. The normalized spacial score (nSPS) is 17.6. The Labute approximate surface area is 168 Å². The second kappa shape index (κ2) is 8.74. The molecular formula is C22H30N2O3S. The van der Waals surface area contributed by atoms with Crippen LogP contribution in [0.5, 0.6) is 0 Å². The topological polar surface area (TPSA) is 58.6 Å². The van der Waals surface area contributed by atoms with Crippen molar-refractivity contribution in [2.45, 2.75) is 43.7 Å². The molecule has 28 heavy (non-hydrogen) atoms. The molecule has 1 N–H and O–H groups in total. The molecule has 1 saturated heterocycles. The van der Waals surface area contributed by atoms with Gasteiger partial charge in [-0.1, -0.05) is 24.3 Å². The lowest BCUT2D eigenvalue weighted by Crippen LogP contribution is -2.43. The molecule has 0 amide bonds. The minimum Gasteiger partial charge on any atom is -0.377 e. The Balaban J connectivity index is 1.82. The van der Waals surface area contributed by atoms with E-state index in [0.29, 0.717) is 4.90 Å². The van der Waals surface area contributed by atoms with Gasteiger partial charge in [-0.15, -0.1) is 0 Å². The molecule has 1 fully saturated rings. The van der Waals surface area contributed by atoms with E-state index in [4.69, 9.17) is 4.74 Å². The van der Waals surface area contributed by atoms with E-state index in [1.165, 1.54) is 0 Å². The average Bonchev–Trinajstić information content (AvgIpc) is 2.69. The lowest BCUT2D eigenvalue weighted by Gasteiger charge is -2.29. The highest BCUT2D eigenvalue weighted by Gasteiger charge is 2.23. The summed E-state index contributed by atoms with van der Waals surface area (Å²) in [5.41, 5.74) is 4.13. The Morgan fingerprint density at radius 3 is 2.50 bits per heavy atom. The number of nitrogens with zero attached hydrogens (tertiary/aromatic N) is 1. The first kappa shape index (κ1) is 21.0. The molecule has 0 bridgehead atoms. The summed E-state index contributed by atoms with van der Waals surface area (Å²) in [7, 11) is 0.246. The lowest BCUT2D eigenvalue weighted by molar-refractivity contribution is 0.119. The fourth-order valence-electron chi connectivity index (χ4n) is 3.64. The van der Waals surface area contributed by atoms with E-state index in [1.807, 2.05) is 38.1 Å². The van der Waals surface area contributed by atoms with E-state index in [0.717, 1.165) is 48.2 Å². The highest BCUT2D eigenvalue weighted by atomic mass is 32.2. The van der Waals surface area contributed by atoms with Crippen molar-refractivity contribution in [3.05, 3.63) is 53.6 Å². The van der Waals surface area contributed by atoms with Crippen LogP contribution >= 0.6 is 0 Å². The van der Waals surface area contributed by atoms with Crippen LogP contribution in [0, 0.1) is 6.92 Å². The molecule has 0 saturated carbocycles. The van der Waals surface area contributed by atoms with Crippen molar-refractivity contribution in [2.75, 3.05) is 27.2 Å². The maximum absolute atomic E-state index is 12.8. The molecule has 1 heterocycles. The molecule has 152 valence electrons. The van der Waals surface area contributed by atoms with Crippen LogP contribution in [0.4, 0.5) is 0 Å². The second-order valence-corrected chi connectivity index (χ2v) is 9.39. The highest BCUT2D eigenvalue weighted by Crippen LogP contribution is 2.29. The summed E-state index contributed by atoms with van der Waals surface area (Å²) >= 11 is 0. The van der Waals surface area contributed by atoms with E-state index in [-0.39, 0.29) is 12.1 Å². The number of likely N-dealkylation sites (tertiary alicyclic amines) is 1. The van der Waals surface area contributed by atoms with Crippen molar-refractivity contribution >= 4 is 10.0 Å². The molecule has 2 aromatic carbocycles. The number of piperidine rings is 1. The summed E-state index contributed by atoms with van der Waals surface area (Å²) in [5, 5.41) is 0. The van der Waals surface area contributed by atoms with E-state index in [1.54, 1.807) is 19.2 Å². The Bertz CT molecular complexity index is 919. The van der Waals surface area contributed by atoms with Gasteiger partial charge in [0, 0.05) is 13.2 Å². The maximum atomic E-state index is 12.8. The first-order chi connectivity index (χ1) is 13.3.